The largest absolute Gasteiger partial charge is 0.497 e. The molecule has 4 heteroatoms. The smallest absolute Gasteiger partial charge is 0.307 e. The van der Waals surface area contributed by atoms with E-state index in [2.05, 4.69) is 17.4 Å². The molecule has 1 atom stereocenters. The van der Waals surface area contributed by atoms with Crippen LogP contribution in [0.2, 0.25) is 0 Å². The molecule has 0 aromatic heterocycles. The lowest BCUT2D eigenvalue weighted by Gasteiger charge is -2.13. The number of carbonyl (C=O) groups is 1. The molecule has 106 valence electrons. The van der Waals surface area contributed by atoms with Gasteiger partial charge in [0.25, 0.3) is 0 Å². The predicted octanol–water partition coefficient (Wildman–Crippen LogP) is 2.17. The van der Waals surface area contributed by atoms with Crippen LogP contribution >= 0.6 is 0 Å². The average molecular weight is 265 g/mol. The summed E-state index contributed by atoms with van der Waals surface area (Å²) in [4.78, 5) is 11.3. The van der Waals surface area contributed by atoms with E-state index in [1.165, 1.54) is 5.56 Å². The van der Waals surface area contributed by atoms with Crippen LogP contribution in [-0.4, -0.2) is 32.3 Å². The van der Waals surface area contributed by atoms with Crippen molar-refractivity contribution in [1.29, 1.82) is 0 Å². The number of methoxy groups -OCH3 is 1. The zero-order chi connectivity index (χ0) is 14.1. The fourth-order valence-electron chi connectivity index (χ4n) is 1.80. The highest BCUT2D eigenvalue weighted by atomic mass is 16.5. The molecule has 0 aliphatic rings. The van der Waals surface area contributed by atoms with Crippen LogP contribution in [0.25, 0.3) is 0 Å². The lowest BCUT2D eigenvalue weighted by Crippen LogP contribution is -2.30. The highest BCUT2D eigenvalue weighted by Gasteiger charge is 2.08. The lowest BCUT2D eigenvalue weighted by molar-refractivity contribution is -0.143. The molecule has 4 nitrogen and oxygen atoms in total. The van der Waals surface area contributed by atoms with Crippen molar-refractivity contribution in [2.75, 3.05) is 20.3 Å². The Morgan fingerprint density at radius 3 is 2.58 bits per heavy atom. The second-order valence-electron chi connectivity index (χ2n) is 4.46. The Hall–Kier alpha value is -1.55. The first-order chi connectivity index (χ1) is 9.15. The predicted molar refractivity (Wildman–Crippen MR) is 75.4 cm³/mol. The highest BCUT2D eigenvalue weighted by molar-refractivity contribution is 5.69. The average Bonchev–Trinajstić information content (AvgIpc) is 2.39. The number of nitrogens with one attached hydrogen (secondary N) is 1. The van der Waals surface area contributed by atoms with Gasteiger partial charge in [-0.3, -0.25) is 4.79 Å². The van der Waals surface area contributed by atoms with Gasteiger partial charge < -0.3 is 14.8 Å². The number of esters is 1. The van der Waals surface area contributed by atoms with Crippen LogP contribution in [0.15, 0.2) is 24.3 Å². The Bertz CT molecular complexity index is 375. The third-order valence-electron chi connectivity index (χ3n) is 2.84. The van der Waals surface area contributed by atoms with Gasteiger partial charge >= 0.3 is 5.97 Å². The fourth-order valence-corrected chi connectivity index (χ4v) is 1.80. The second-order valence-corrected chi connectivity index (χ2v) is 4.46. The zero-order valence-electron chi connectivity index (χ0n) is 11.9. The Kier molecular flexibility index (Phi) is 6.97. The minimum Gasteiger partial charge on any atom is -0.497 e. The number of rotatable bonds is 8. The molecule has 1 rings (SSSR count). The number of ether oxygens (including phenoxy) is 2. The van der Waals surface area contributed by atoms with Crippen LogP contribution in [0.1, 0.15) is 25.8 Å². The van der Waals surface area contributed by atoms with Crippen molar-refractivity contribution < 1.29 is 14.3 Å². The lowest BCUT2D eigenvalue weighted by atomic mass is 10.1. The first kappa shape index (κ1) is 15.5. The molecule has 0 bridgehead atoms. The molecule has 0 fully saturated rings. The topological polar surface area (TPSA) is 47.6 Å². The molecular formula is C15H23NO3. The summed E-state index contributed by atoms with van der Waals surface area (Å²) in [6, 6.07) is 8.15. The van der Waals surface area contributed by atoms with Crippen LogP contribution in [0.4, 0.5) is 0 Å². The quantitative estimate of drug-likeness (QED) is 0.732. The van der Waals surface area contributed by atoms with Gasteiger partial charge in [0, 0.05) is 6.04 Å². The molecule has 0 radical (unpaired) electrons. The molecule has 0 aliphatic carbocycles. The minimum absolute atomic E-state index is 0.136. The molecule has 0 aliphatic heterocycles. The zero-order valence-corrected chi connectivity index (χ0v) is 11.9. The molecular weight excluding hydrogens is 242 g/mol. The van der Waals surface area contributed by atoms with Crippen LogP contribution in [-0.2, 0) is 16.0 Å². The molecule has 1 unspecified atom stereocenters. The molecule has 0 spiro atoms. The Morgan fingerprint density at radius 2 is 2.00 bits per heavy atom. The van der Waals surface area contributed by atoms with Gasteiger partial charge in [-0.2, -0.15) is 0 Å². The summed E-state index contributed by atoms with van der Waals surface area (Å²) in [5.41, 5.74) is 1.25. The normalized spacial score (nSPS) is 11.9. The van der Waals surface area contributed by atoms with Crippen LogP contribution < -0.4 is 10.1 Å². The maximum Gasteiger partial charge on any atom is 0.307 e. The van der Waals surface area contributed by atoms with E-state index < -0.39 is 0 Å². The third-order valence-corrected chi connectivity index (χ3v) is 2.84. The van der Waals surface area contributed by atoms with Crippen molar-refractivity contribution in [2.24, 2.45) is 0 Å². The summed E-state index contributed by atoms with van der Waals surface area (Å²) in [5.74, 6) is 0.722. The summed E-state index contributed by atoms with van der Waals surface area (Å²) in [7, 11) is 1.66. The molecule has 1 aromatic rings. The van der Waals surface area contributed by atoms with E-state index >= 15 is 0 Å². The van der Waals surface area contributed by atoms with Crippen LogP contribution in [0.5, 0.6) is 5.75 Å². The summed E-state index contributed by atoms with van der Waals surface area (Å²) >= 11 is 0. The SMILES string of the molecule is CCOC(=O)CC(C)NCCc1ccc(OC)cc1. The third kappa shape index (κ3) is 6.25. The van der Waals surface area contributed by atoms with Crippen molar-refractivity contribution in [2.45, 2.75) is 32.7 Å². The van der Waals surface area contributed by atoms with Gasteiger partial charge in [-0.1, -0.05) is 12.1 Å². The van der Waals surface area contributed by atoms with E-state index in [9.17, 15) is 4.79 Å². The van der Waals surface area contributed by atoms with Crippen LogP contribution in [0, 0.1) is 0 Å². The first-order valence-corrected chi connectivity index (χ1v) is 6.67. The Labute approximate surface area is 115 Å². The molecule has 0 saturated carbocycles. The molecule has 0 heterocycles. The van der Waals surface area contributed by atoms with Crippen molar-refractivity contribution in [3.05, 3.63) is 29.8 Å². The van der Waals surface area contributed by atoms with E-state index in [4.69, 9.17) is 9.47 Å². The summed E-state index contributed by atoms with van der Waals surface area (Å²) < 4.78 is 10.0. The second kappa shape index (κ2) is 8.53. The van der Waals surface area contributed by atoms with E-state index in [0.717, 1.165) is 18.7 Å². The van der Waals surface area contributed by atoms with Gasteiger partial charge in [0.15, 0.2) is 0 Å². The van der Waals surface area contributed by atoms with E-state index in [0.29, 0.717) is 13.0 Å². The summed E-state index contributed by atoms with van der Waals surface area (Å²) in [6.45, 7) is 5.09. The van der Waals surface area contributed by atoms with Gasteiger partial charge in [-0.05, 0) is 44.5 Å². The molecule has 19 heavy (non-hydrogen) atoms. The van der Waals surface area contributed by atoms with E-state index in [-0.39, 0.29) is 12.0 Å². The molecule has 1 aromatic carbocycles. The molecule has 0 amide bonds. The molecule has 0 saturated heterocycles. The van der Waals surface area contributed by atoms with Gasteiger partial charge in [-0.15, -0.1) is 0 Å². The fraction of sp³-hybridized carbons (Fsp3) is 0.533. The standard InChI is InChI=1S/C15H23NO3/c1-4-19-15(17)11-12(2)16-10-9-13-5-7-14(18-3)8-6-13/h5-8,12,16H,4,9-11H2,1-3H3. The van der Waals surface area contributed by atoms with Crippen molar-refractivity contribution in [3.63, 3.8) is 0 Å². The van der Waals surface area contributed by atoms with Crippen molar-refractivity contribution in [1.82, 2.24) is 5.32 Å². The van der Waals surface area contributed by atoms with Crippen molar-refractivity contribution in [3.8, 4) is 5.75 Å². The number of hydrogen-bond donors (Lipinski definition) is 1. The van der Waals surface area contributed by atoms with E-state index in [1.54, 1.807) is 7.11 Å². The number of carbonyl (C=O) groups excluding carboxylic acids is 1. The van der Waals surface area contributed by atoms with Crippen molar-refractivity contribution >= 4 is 5.97 Å². The monoisotopic (exact) mass is 265 g/mol. The van der Waals surface area contributed by atoms with E-state index in [1.807, 2.05) is 26.0 Å². The maximum absolute atomic E-state index is 11.3. The maximum atomic E-state index is 11.3. The molecule has 1 N–H and O–H groups in total. The number of benzene rings is 1. The summed E-state index contributed by atoms with van der Waals surface area (Å²) in [6.07, 6.45) is 1.34. The summed E-state index contributed by atoms with van der Waals surface area (Å²) in [5, 5.41) is 3.32. The number of hydrogen-bond acceptors (Lipinski definition) is 4. The van der Waals surface area contributed by atoms with Gasteiger partial charge in [0.05, 0.1) is 20.1 Å². The van der Waals surface area contributed by atoms with Gasteiger partial charge in [0.2, 0.25) is 0 Å². The minimum atomic E-state index is -0.146. The highest BCUT2D eigenvalue weighted by Crippen LogP contribution is 2.11. The van der Waals surface area contributed by atoms with Crippen LogP contribution in [0.3, 0.4) is 0 Å². The Morgan fingerprint density at radius 1 is 1.32 bits per heavy atom. The van der Waals surface area contributed by atoms with Gasteiger partial charge in [0.1, 0.15) is 5.75 Å². The van der Waals surface area contributed by atoms with Gasteiger partial charge in [-0.25, -0.2) is 0 Å². The first-order valence-electron chi connectivity index (χ1n) is 6.67. The Balaban J connectivity index is 2.23.